The molecule has 0 aliphatic carbocycles. The topological polar surface area (TPSA) is 84.0 Å². The zero-order valence-electron chi connectivity index (χ0n) is 19.6. The maximum Gasteiger partial charge on any atom is 0.251 e. The number of rotatable bonds is 9. The second kappa shape index (κ2) is 14.0. The molecule has 0 aromatic heterocycles. The van der Waals surface area contributed by atoms with Crippen molar-refractivity contribution in [1.82, 2.24) is 16.0 Å². The van der Waals surface area contributed by atoms with E-state index in [4.69, 9.17) is 14.5 Å². The van der Waals surface area contributed by atoms with Crippen molar-refractivity contribution in [2.45, 2.75) is 39.8 Å². The first-order chi connectivity index (χ1) is 15.5. The standard InChI is InChI=1S/C25H34N4O3.HI/c1-4-26-25(28-12-11-27-24(30)20-7-5-6-18(2)14-20)29-16-21-9-8-19(3)15-23(21)32-22-10-13-31-17-22;/h5-9,14-15,22H,4,10-13,16-17H2,1-3H3,(H,27,30)(H2,26,28,29);1H. The molecule has 2 aromatic rings. The second-order valence-electron chi connectivity index (χ2n) is 7.96. The first-order valence-electron chi connectivity index (χ1n) is 11.3. The molecule has 0 saturated carbocycles. The molecule has 1 amide bonds. The third-order valence-corrected chi connectivity index (χ3v) is 5.14. The number of carbonyl (C=O) groups is 1. The number of hydrogen-bond donors (Lipinski definition) is 3. The van der Waals surface area contributed by atoms with Gasteiger partial charge in [0.25, 0.3) is 5.91 Å². The lowest BCUT2D eigenvalue weighted by molar-refractivity contribution is 0.0954. The fourth-order valence-electron chi connectivity index (χ4n) is 3.44. The van der Waals surface area contributed by atoms with E-state index in [9.17, 15) is 4.79 Å². The van der Waals surface area contributed by atoms with Crippen molar-refractivity contribution in [3.8, 4) is 5.75 Å². The van der Waals surface area contributed by atoms with Gasteiger partial charge in [-0.2, -0.15) is 0 Å². The molecule has 0 radical (unpaired) electrons. The molecule has 2 aromatic carbocycles. The smallest absolute Gasteiger partial charge is 0.251 e. The van der Waals surface area contributed by atoms with Crippen LogP contribution in [0.4, 0.5) is 0 Å². The van der Waals surface area contributed by atoms with Gasteiger partial charge in [-0.25, -0.2) is 4.99 Å². The van der Waals surface area contributed by atoms with E-state index in [-0.39, 0.29) is 36.0 Å². The van der Waals surface area contributed by atoms with Crippen LogP contribution in [0, 0.1) is 13.8 Å². The molecule has 3 rings (SSSR count). The van der Waals surface area contributed by atoms with Crippen LogP contribution in [-0.4, -0.2) is 50.8 Å². The minimum atomic E-state index is -0.0743. The molecule has 1 aliphatic rings. The Labute approximate surface area is 213 Å². The number of amides is 1. The molecule has 1 aliphatic heterocycles. The SMILES string of the molecule is CCNC(=NCc1ccc(C)cc1OC1CCOC1)NCCNC(=O)c1cccc(C)c1.I. The summed E-state index contributed by atoms with van der Waals surface area (Å²) < 4.78 is 11.6. The highest BCUT2D eigenvalue weighted by atomic mass is 127. The van der Waals surface area contributed by atoms with Gasteiger partial charge in [-0.05, 0) is 44.5 Å². The van der Waals surface area contributed by atoms with Crippen molar-refractivity contribution in [3.63, 3.8) is 0 Å². The van der Waals surface area contributed by atoms with E-state index in [2.05, 4.69) is 41.1 Å². The van der Waals surface area contributed by atoms with Gasteiger partial charge >= 0.3 is 0 Å². The van der Waals surface area contributed by atoms with Crippen molar-refractivity contribution in [3.05, 3.63) is 64.7 Å². The highest BCUT2D eigenvalue weighted by molar-refractivity contribution is 14.0. The van der Waals surface area contributed by atoms with E-state index in [0.717, 1.165) is 42.0 Å². The van der Waals surface area contributed by atoms with Gasteiger partial charge in [0.1, 0.15) is 11.9 Å². The molecule has 0 spiro atoms. The van der Waals surface area contributed by atoms with E-state index < -0.39 is 0 Å². The Morgan fingerprint density at radius 3 is 2.61 bits per heavy atom. The fourth-order valence-corrected chi connectivity index (χ4v) is 3.44. The average Bonchev–Trinajstić information content (AvgIpc) is 3.29. The Balaban J connectivity index is 0.00000385. The molecule has 0 bridgehead atoms. The number of benzene rings is 2. The maximum absolute atomic E-state index is 12.3. The van der Waals surface area contributed by atoms with E-state index in [1.807, 2.05) is 38.1 Å². The van der Waals surface area contributed by atoms with Crippen LogP contribution in [0.25, 0.3) is 0 Å². The number of hydrogen-bond acceptors (Lipinski definition) is 4. The molecular formula is C25H35IN4O3. The van der Waals surface area contributed by atoms with Gasteiger partial charge in [-0.1, -0.05) is 29.8 Å². The van der Waals surface area contributed by atoms with Crippen molar-refractivity contribution in [2.75, 3.05) is 32.8 Å². The summed E-state index contributed by atoms with van der Waals surface area (Å²) in [5.41, 5.74) is 3.93. The normalized spacial score (nSPS) is 15.5. The molecule has 1 atom stereocenters. The number of nitrogens with zero attached hydrogens (tertiary/aromatic N) is 1. The Morgan fingerprint density at radius 2 is 1.88 bits per heavy atom. The Kier molecular flexibility index (Phi) is 11.5. The molecule has 1 saturated heterocycles. The van der Waals surface area contributed by atoms with Gasteiger partial charge in [0.2, 0.25) is 0 Å². The molecule has 1 heterocycles. The van der Waals surface area contributed by atoms with Crippen LogP contribution in [0.3, 0.4) is 0 Å². The zero-order valence-corrected chi connectivity index (χ0v) is 22.0. The largest absolute Gasteiger partial charge is 0.488 e. The number of aryl methyl sites for hydroxylation is 2. The van der Waals surface area contributed by atoms with Crippen LogP contribution < -0.4 is 20.7 Å². The lowest BCUT2D eigenvalue weighted by atomic mass is 10.1. The molecule has 1 fully saturated rings. The van der Waals surface area contributed by atoms with Crippen LogP contribution in [0.5, 0.6) is 5.75 Å². The molecule has 1 unspecified atom stereocenters. The summed E-state index contributed by atoms with van der Waals surface area (Å²) in [7, 11) is 0. The van der Waals surface area contributed by atoms with Crippen molar-refractivity contribution < 1.29 is 14.3 Å². The van der Waals surface area contributed by atoms with Crippen molar-refractivity contribution in [2.24, 2.45) is 4.99 Å². The van der Waals surface area contributed by atoms with Crippen LogP contribution >= 0.6 is 24.0 Å². The summed E-state index contributed by atoms with van der Waals surface area (Å²) in [4.78, 5) is 17.0. The van der Waals surface area contributed by atoms with E-state index in [1.165, 1.54) is 0 Å². The summed E-state index contributed by atoms with van der Waals surface area (Å²) in [5, 5.41) is 9.46. The predicted octanol–water partition coefficient (Wildman–Crippen LogP) is 3.57. The van der Waals surface area contributed by atoms with Gasteiger partial charge in [-0.15, -0.1) is 24.0 Å². The minimum Gasteiger partial charge on any atom is -0.488 e. The number of guanidine groups is 1. The molecule has 8 heteroatoms. The molecule has 3 N–H and O–H groups in total. The number of halogens is 1. The van der Waals surface area contributed by atoms with Gasteiger partial charge in [0.05, 0.1) is 19.8 Å². The van der Waals surface area contributed by atoms with Crippen molar-refractivity contribution in [1.29, 1.82) is 0 Å². The Hall–Kier alpha value is -2.33. The molecular weight excluding hydrogens is 531 g/mol. The Bertz CT molecular complexity index is 930. The van der Waals surface area contributed by atoms with E-state index in [1.54, 1.807) is 0 Å². The maximum atomic E-state index is 12.3. The van der Waals surface area contributed by atoms with Gasteiger partial charge in [-0.3, -0.25) is 4.79 Å². The lowest BCUT2D eigenvalue weighted by Crippen LogP contribution is -2.41. The first kappa shape index (κ1) is 26.9. The monoisotopic (exact) mass is 566 g/mol. The Morgan fingerprint density at radius 1 is 1.09 bits per heavy atom. The zero-order chi connectivity index (χ0) is 22.8. The summed E-state index contributed by atoms with van der Waals surface area (Å²) in [6, 6.07) is 13.8. The highest BCUT2D eigenvalue weighted by Crippen LogP contribution is 2.24. The molecule has 180 valence electrons. The van der Waals surface area contributed by atoms with Crippen LogP contribution in [0.1, 0.15) is 40.4 Å². The van der Waals surface area contributed by atoms with E-state index in [0.29, 0.717) is 37.8 Å². The van der Waals surface area contributed by atoms with Crippen LogP contribution in [0.15, 0.2) is 47.5 Å². The van der Waals surface area contributed by atoms with Crippen LogP contribution in [0.2, 0.25) is 0 Å². The second-order valence-corrected chi connectivity index (χ2v) is 7.96. The van der Waals surface area contributed by atoms with Gasteiger partial charge in [0, 0.05) is 37.2 Å². The summed E-state index contributed by atoms with van der Waals surface area (Å²) >= 11 is 0. The first-order valence-corrected chi connectivity index (χ1v) is 11.3. The third kappa shape index (κ3) is 8.85. The van der Waals surface area contributed by atoms with E-state index >= 15 is 0 Å². The highest BCUT2D eigenvalue weighted by Gasteiger charge is 2.18. The molecule has 7 nitrogen and oxygen atoms in total. The lowest BCUT2D eigenvalue weighted by Gasteiger charge is -2.16. The quantitative estimate of drug-likeness (QED) is 0.187. The summed E-state index contributed by atoms with van der Waals surface area (Å²) in [6.07, 6.45) is 1.01. The number of aliphatic imine (C=N–C) groups is 1. The fraction of sp³-hybridized carbons (Fsp3) is 0.440. The number of ether oxygens (including phenoxy) is 2. The average molecular weight is 566 g/mol. The minimum absolute atomic E-state index is 0. The predicted molar refractivity (Wildman–Crippen MR) is 143 cm³/mol. The molecule has 33 heavy (non-hydrogen) atoms. The third-order valence-electron chi connectivity index (χ3n) is 5.14. The van der Waals surface area contributed by atoms with Gasteiger partial charge in [0.15, 0.2) is 5.96 Å². The number of carbonyl (C=O) groups excluding carboxylic acids is 1. The summed E-state index contributed by atoms with van der Waals surface area (Å²) in [5.74, 6) is 1.49. The number of nitrogens with one attached hydrogen (secondary N) is 3. The van der Waals surface area contributed by atoms with Gasteiger partial charge < -0.3 is 25.4 Å². The van der Waals surface area contributed by atoms with Crippen LogP contribution in [-0.2, 0) is 11.3 Å². The van der Waals surface area contributed by atoms with Crippen molar-refractivity contribution >= 4 is 35.8 Å². The summed E-state index contributed by atoms with van der Waals surface area (Å²) in [6.45, 7) is 9.75.